The molecule has 1 amide bonds. The van der Waals surface area contributed by atoms with Gasteiger partial charge in [-0.2, -0.15) is 5.10 Å². The Balaban J connectivity index is 1.54. The molecule has 1 aliphatic rings. The summed E-state index contributed by atoms with van der Waals surface area (Å²) < 4.78 is 7.57. The van der Waals surface area contributed by atoms with E-state index in [2.05, 4.69) is 10.4 Å². The predicted octanol–water partition coefficient (Wildman–Crippen LogP) is 1.70. The number of nitrogens with one attached hydrogen (secondary N) is 1. The van der Waals surface area contributed by atoms with E-state index in [1.54, 1.807) is 0 Å². The van der Waals surface area contributed by atoms with Gasteiger partial charge in [0.1, 0.15) is 5.75 Å². The summed E-state index contributed by atoms with van der Waals surface area (Å²) in [5, 5.41) is 7.36. The molecule has 1 aliphatic heterocycles. The lowest BCUT2D eigenvalue weighted by atomic mass is 10.1. The van der Waals surface area contributed by atoms with E-state index in [0.29, 0.717) is 13.0 Å². The van der Waals surface area contributed by atoms with Crippen molar-refractivity contribution in [1.82, 2.24) is 15.1 Å². The molecule has 0 radical (unpaired) electrons. The minimum atomic E-state index is -0.409. The number of benzene rings is 1. The van der Waals surface area contributed by atoms with Gasteiger partial charge >= 0.3 is 0 Å². The van der Waals surface area contributed by atoms with Gasteiger partial charge in [0.15, 0.2) is 6.10 Å². The second-order valence-corrected chi connectivity index (χ2v) is 5.73. The summed E-state index contributed by atoms with van der Waals surface area (Å²) in [7, 11) is 1.94. The van der Waals surface area contributed by atoms with Gasteiger partial charge in [-0.25, -0.2) is 0 Å². The molecule has 2 heterocycles. The maximum absolute atomic E-state index is 12.2. The number of nitrogens with zero attached hydrogens (tertiary/aromatic N) is 2. The van der Waals surface area contributed by atoms with E-state index in [1.165, 1.54) is 5.56 Å². The van der Waals surface area contributed by atoms with Crippen LogP contribution in [0.3, 0.4) is 0 Å². The molecule has 1 aromatic heterocycles. The monoisotopic (exact) mass is 299 g/mol. The highest BCUT2D eigenvalue weighted by molar-refractivity contribution is 5.82. The predicted molar refractivity (Wildman–Crippen MR) is 84.0 cm³/mol. The molecule has 1 unspecified atom stereocenters. The van der Waals surface area contributed by atoms with Crippen molar-refractivity contribution >= 4 is 5.91 Å². The highest BCUT2D eigenvalue weighted by Crippen LogP contribution is 2.28. The van der Waals surface area contributed by atoms with Gasteiger partial charge in [0, 0.05) is 25.7 Å². The Morgan fingerprint density at radius 3 is 2.86 bits per heavy atom. The van der Waals surface area contributed by atoms with E-state index in [4.69, 9.17) is 4.74 Å². The molecular weight excluding hydrogens is 278 g/mol. The molecule has 0 saturated heterocycles. The second-order valence-electron chi connectivity index (χ2n) is 5.73. The maximum Gasteiger partial charge on any atom is 0.261 e. The van der Waals surface area contributed by atoms with E-state index in [9.17, 15) is 4.79 Å². The average Bonchev–Trinajstić information content (AvgIpc) is 3.03. The van der Waals surface area contributed by atoms with Crippen molar-refractivity contribution in [3.63, 3.8) is 0 Å². The topological polar surface area (TPSA) is 56.2 Å². The highest BCUT2D eigenvalue weighted by Gasteiger charge is 2.28. The number of amides is 1. The second kappa shape index (κ2) is 5.83. The normalized spacial score (nSPS) is 16.2. The third-order valence-electron chi connectivity index (χ3n) is 4.27. The Morgan fingerprint density at radius 1 is 1.41 bits per heavy atom. The number of para-hydroxylation sites is 1. The van der Waals surface area contributed by atoms with Gasteiger partial charge in [0.25, 0.3) is 5.91 Å². The summed E-state index contributed by atoms with van der Waals surface area (Å²) in [6.07, 6.45) is 1.03. The van der Waals surface area contributed by atoms with Crippen molar-refractivity contribution in [2.75, 3.05) is 6.54 Å². The van der Waals surface area contributed by atoms with Gasteiger partial charge in [0.2, 0.25) is 0 Å². The van der Waals surface area contributed by atoms with Crippen LogP contribution in [-0.2, 0) is 24.7 Å². The molecule has 116 valence electrons. The molecular formula is C17H21N3O2. The third-order valence-corrected chi connectivity index (χ3v) is 4.27. The van der Waals surface area contributed by atoms with E-state index >= 15 is 0 Å². The number of carbonyl (C=O) groups is 1. The van der Waals surface area contributed by atoms with Gasteiger partial charge in [-0.1, -0.05) is 18.2 Å². The summed E-state index contributed by atoms with van der Waals surface area (Å²) in [6, 6.07) is 7.81. The van der Waals surface area contributed by atoms with Crippen LogP contribution < -0.4 is 10.1 Å². The number of hydrogen-bond acceptors (Lipinski definition) is 3. The summed E-state index contributed by atoms with van der Waals surface area (Å²) in [6.45, 7) is 4.65. The fraction of sp³-hybridized carbons (Fsp3) is 0.412. The van der Waals surface area contributed by atoms with Gasteiger partial charge in [0.05, 0.1) is 5.69 Å². The quantitative estimate of drug-likeness (QED) is 0.935. The van der Waals surface area contributed by atoms with Crippen LogP contribution in [-0.4, -0.2) is 28.3 Å². The van der Waals surface area contributed by atoms with Crippen LogP contribution >= 0.6 is 0 Å². The SMILES string of the molecule is Cc1nn(C)c(C)c1CCNC(=O)C1Cc2ccccc2O1. The lowest BCUT2D eigenvalue weighted by Crippen LogP contribution is -2.38. The molecule has 5 nitrogen and oxygen atoms in total. The molecule has 2 aromatic rings. The van der Waals surface area contributed by atoms with Crippen molar-refractivity contribution in [3.8, 4) is 5.75 Å². The van der Waals surface area contributed by atoms with E-state index in [1.807, 2.05) is 49.8 Å². The van der Waals surface area contributed by atoms with Crippen LogP contribution in [0.25, 0.3) is 0 Å². The smallest absolute Gasteiger partial charge is 0.261 e. The highest BCUT2D eigenvalue weighted by atomic mass is 16.5. The Hall–Kier alpha value is -2.30. The molecule has 3 rings (SSSR count). The summed E-state index contributed by atoms with van der Waals surface area (Å²) >= 11 is 0. The first kappa shape index (κ1) is 14.6. The van der Waals surface area contributed by atoms with E-state index < -0.39 is 6.10 Å². The van der Waals surface area contributed by atoms with Crippen molar-refractivity contribution in [3.05, 3.63) is 46.8 Å². The average molecular weight is 299 g/mol. The van der Waals surface area contributed by atoms with Gasteiger partial charge in [-0.05, 0) is 37.5 Å². The zero-order valence-electron chi connectivity index (χ0n) is 13.2. The first-order valence-corrected chi connectivity index (χ1v) is 7.57. The number of aryl methyl sites for hydroxylation is 2. The van der Waals surface area contributed by atoms with Crippen LogP contribution in [0.15, 0.2) is 24.3 Å². The number of ether oxygens (including phenoxy) is 1. The van der Waals surface area contributed by atoms with Gasteiger partial charge in [-0.3, -0.25) is 9.48 Å². The van der Waals surface area contributed by atoms with Gasteiger partial charge < -0.3 is 10.1 Å². The molecule has 0 aliphatic carbocycles. The molecule has 0 saturated carbocycles. The van der Waals surface area contributed by atoms with Crippen molar-refractivity contribution in [2.45, 2.75) is 32.8 Å². The largest absolute Gasteiger partial charge is 0.480 e. The van der Waals surface area contributed by atoms with Crippen LogP contribution in [0.4, 0.5) is 0 Å². The molecule has 0 bridgehead atoms. The number of aromatic nitrogens is 2. The Kier molecular flexibility index (Phi) is 3.88. The Labute approximate surface area is 130 Å². The minimum Gasteiger partial charge on any atom is -0.480 e. The molecule has 5 heteroatoms. The van der Waals surface area contributed by atoms with Crippen LogP contribution in [0.5, 0.6) is 5.75 Å². The number of carbonyl (C=O) groups excluding carboxylic acids is 1. The standard InChI is InChI=1S/C17H21N3O2/c1-11-14(12(2)20(3)19-11)8-9-18-17(21)16-10-13-6-4-5-7-15(13)22-16/h4-7,16H,8-10H2,1-3H3,(H,18,21). The Morgan fingerprint density at radius 2 is 2.18 bits per heavy atom. The van der Waals surface area contributed by atoms with E-state index in [0.717, 1.165) is 29.1 Å². The molecule has 22 heavy (non-hydrogen) atoms. The minimum absolute atomic E-state index is 0.0459. The first-order valence-electron chi connectivity index (χ1n) is 7.57. The number of fused-ring (bicyclic) bond motifs is 1. The van der Waals surface area contributed by atoms with Crippen molar-refractivity contribution in [2.24, 2.45) is 7.05 Å². The maximum atomic E-state index is 12.2. The molecule has 0 spiro atoms. The fourth-order valence-corrected chi connectivity index (χ4v) is 2.93. The summed E-state index contributed by atoms with van der Waals surface area (Å²) in [5.41, 5.74) is 4.48. The number of hydrogen-bond donors (Lipinski definition) is 1. The van der Waals surface area contributed by atoms with Crippen LogP contribution in [0, 0.1) is 13.8 Å². The van der Waals surface area contributed by atoms with Crippen LogP contribution in [0.2, 0.25) is 0 Å². The summed E-state index contributed by atoms with van der Waals surface area (Å²) in [5.74, 6) is 0.775. The number of rotatable bonds is 4. The summed E-state index contributed by atoms with van der Waals surface area (Å²) in [4.78, 5) is 12.2. The van der Waals surface area contributed by atoms with Gasteiger partial charge in [-0.15, -0.1) is 0 Å². The lowest BCUT2D eigenvalue weighted by molar-refractivity contribution is -0.127. The third kappa shape index (κ3) is 2.71. The molecule has 1 N–H and O–H groups in total. The molecule has 0 fully saturated rings. The first-order chi connectivity index (χ1) is 10.6. The van der Waals surface area contributed by atoms with Crippen LogP contribution in [0.1, 0.15) is 22.5 Å². The van der Waals surface area contributed by atoms with Crippen molar-refractivity contribution < 1.29 is 9.53 Å². The molecule has 1 aromatic carbocycles. The van der Waals surface area contributed by atoms with E-state index in [-0.39, 0.29) is 5.91 Å². The zero-order valence-corrected chi connectivity index (χ0v) is 13.2. The fourth-order valence-electron chi connectivity index (χ4n) is 2.93. The Bertz CT molecular complexity index is 681. The zero-order chi connectivity index (χ0) is 15.7. The lowest BCUT2D eigenvalue weighted by Gasteiger charge is -2.11. The van der Waals surface area contributed by atoms with Crippen molar-refractivity contribution in [1.29, 1.82) is 0 Å². The molecule has 1 atom stereocenters.